The smallest absolute Gasteiger partial charge is 0.207 e. The van der Waals surface area contributed by atoms with Gasteiger partial charge in [-0.2, -0.15) is 0 Å². The number of para-hydroxylation sites is 1. The molecule has 3 aromatic rings. The molecule has 0 aliphatic rings. The fourth-order valence-electron chi connectivity index (χ4n) is 1.73. The number of nitrogens with zero attached hydrogens (tertiary/aromatic N) is 3. The van der Waals surface area contributed by atoms with Gasteiger partial charge >= 0.3 is 0 Å². The van der Waals surface area contributed by atoms with Crippen LogP contribution in [0.2, 0.25) is 0 Å². The van der Waals surface area contributed by atoms with E-state index in [1.807, 2.05) is 18.2 Å². The summed E-state index contributed by atoms with van der Waals surface area (Å²) >= 11 is 4.05. The number of hydrogen-bond acceptors (Lipinski definition) is 5. The molecule has 2 heterocycles. The Kier molecular flexibility index (Phi) is 1.97. The van der Waals surface area contributed by atoms with Gasteiger partial charge in [0, 0.05) is 5.39 Å². The van der Waals surface area contributed by atoms with Gasteiger partial charge in [0.1, 0.15) is 11.3 Å². The summed E-state index contributed by atoms with van der Waals surface area (Å²) in [7, 11) is 1.63. The summed E-state index contributed by atoms with van der Waals surface area (Å²) < 4.78 is 5.26. The number of methoxy groups -OCH3 is 1. The molecule has 0 aliphatic carbocycles. The molecule has 2 aromatic heterocycles. The molecule has 0 saturated heterocycles. The number of thiol groups is 1. The summed E-state index contributed by atoms with van der Waals surface area (Å²) in [5.74, 6) is 0.762. The maximum atomic E-state index is 5.26. The molecule has 0 spiro atoms. The standard InChI is InChI=1S/C10H8N4OS/c1-15-6-4-2-3-5-7(6)11-9-8(5)13-14-10(16)12-9/h2-4H,1H3,(H2,11,12,14,16). The van der Waals surface area contributed by atoms with E-state index in [-0.39, 0.29) is 0 Å². The molecule has 1 N–H and O–H groups in total. The highest BCUT2D eigenvalue weighted by Gasteiger charge is 2.10. The number of aromatic nitrogens is 4. The quantitative estimate of drug-likeness (QED) is 0.628. The van der Waals surface area contributed by atoms with Crippen molar-refractivity contribution in [2.24, 2.45) is 0 Å². The molecule has 0 fully saturated rings. The minimum absolute atomic E-state index is 0.345. The molecule has 3 rings (SSSR count). The second-order valence-corrected chi connectivity index (χ2v) is 3.72. The van der Waals surface area contributed by atoms with E-state index in [1.165, 1.54) is 0 Å². The lowest BCUT2D eigenvalue weighted by atomic mass is 10.2. The van der Waals surface area contributed by atoms with Crippen LogP contribution in [0.1, 0.15) is 0 Å². The number of fused-ring (bicyclic) bond motifs is 3. The summed E-state index contributed by atoms with van der Waals surface area (Å²) in [6, 6.07) is 5.74. The Morgan fingerprint density at radius 1 is 1.31 bits per heavy atom. The van der Waals surface area contributed by atoms with Gasteiger partial charge in [-0.1, -0.05) is 12.1 Å². The molecule has 0 radical (unpaired) electrons. The van der Waals surface area contributed by atoms with Crippen LogP contribution in [-0.4, -0.2) is 27.3 Å². The Hall–Kier alpha value is -1.82. The highest BCUT2D eigenvalue weighted by Crippen LogP contribution is 2.29. The van der Waals surface area contributed by atoms with E-state index in [0.29, 0.717) is 10.8 Å². The van der Waals surface area contributed by atoms with Crippen molar-refractivity contribution in [2.45, 2.75) is 5.16 Å². The van der Waals surface area contributed by atoms with Gasteiger partial charge in [0.2, 0.25) is 5.16 Å². The average molecular weight is 232 g/mol. The third kappa shape index (κ3) is 1.23. The third-order valence-corrected chi connectivity index (χ3v) is 2.61. The van der Waals surface area contributed by atoms with E-state index >= 15 is 0 Å². The van der Waals surface area contributed by atoms with Crippen molar-refractivity contribution in [3.63, 3.8) is 0 Å². The topological polar surface area (TPSA) is 63.7 Å². The number of aromatic amines is 1. The molecule has 0 bridgehead atoms. The van der Waals surface area contributed by atoms with Crippen molar-refractivity contribution >= 4 is 34.7 Å². The summed E-state index contributed by atoms with van der Waals surface area (Å²) in [5.41, 5.74) is 2.27. The molecular formula is C10H8N4OS. The lowest BCUT2D eigenvalue weighted by Gasteiger charge is -1.99. The number of nitrogens with one attached hydrogen (secondary N) is 1. The van der Waals surface area contributed by atoms with Gasteiger partial charge in [-0.15, -0.1) is 22.8 Å². The third-order valence-electron chi connectivity index (χ3n) is 2.42. The second-order valence-electron chi connectivity index (χ2n) is 3.32. The van der Waals surface area contributed by atoms with Gasteiger partial charge in [-0.3, -0.25) is 0 Å². The van der Waals surface area contributed by atoms with Gasteiger partial charge in [-0.25, -0.2) is 4.98 Å². The molecule has 1 aromatic carbocycles. The van der Waals surface area contributed by atoms with Crippen LogP contribution >= 0.6 is 12.6 Å². The molecule has 6 heteroatoms. The van der Waals surface area contributed by atoms with Crippen LogP contribution in [0.4, 0.5) is 0 Å². The van der Waals surface area contributed by atoms with Crippen LogP contribution in [-0.2, 0) is 0 Å². The van der Waals surface area contributed by atoms with Crippen molar-refractivity contribution in [2.75, 3.05) is 7.11 Å². The van der Waals surface area contributed by atoms with Crippen LogP contribution in [0.25, 0.3) is 22.1 Å². The number of rotatable bonds is 1. The lowest BCUT2D eigenvalue weighted by molar-refractivity contribution is 0.419. The zero-order chi connectivity index (χ0) is 11.1. The first-order valence-electron chi connectivity index (χ1n) is 4.67. The van der Waals surface area contributed by atoms with Crippen LogP contribution in [0.3, 0.4) is 0 Å². The van der Waals surface area contributed by atoms with Crippen molar-refractivity contribution in [3.8, 4) is 5.75 Å². The monoisotopic (exact) mass is 232 g/mol. The van der Waals surface area contributed by atoms with E-state index in [2.05, 4.69) is 32.8 Å². The predicted molar refractivity (Wildman–Crippen MR) is 63.0 cm³/mol. The van der Waals surface area contributed by atoms with Crippen LogP contribution in [0, 0.1) is 0 Å². The maximum absolute atomic E-state index is 5.26. The Labute approximate surface area is 96.3 Å². The molecule has 0 aliphatic heterocycles. The van der Waals surface area contributed by atoms with Crippen LogP contribution in [0.5, 0.6) is 5.75 Å². The molecule has 0 amide bonds. The molecule has 0 saturated carbocycles. The van der Waals surface area contributed by atoms with E-state index < -0.39 is 0 Å². The van der Waals surface area contributed by atoms with Crippen LogP contribution in [0.15, 0.2) is 23.4 Å². The maximum Gasteiger partial charge on any atom is 0.207 e. The lowest BCUT2D eigenvalue weighted by Crippen LogP contribution is -1.87. The minimum Gasteiger partial charge on any atom is -0.495 e. The van der Waals surface area contributed by atoms with E-state index in [9.17, 15) is 0 Å². The number of benzene rings is 1. The largest absolute Gasteiger partial charge is 0.495 e. The van der Waals surface area contributed by atoms with Crippen molar-refractivity contribution < 1.29 is 4.74 Å². The van der Waals surface area contributed by atoms with Crippen molar-refractivity contribution in [1.29, 1.82) is 0 Å². The molecule has 80 valence electrons. The molecular weight excluding hydrogens is 224 g/mol. The highest BCUT2D eigenvalue weighted by atomic mass is 32.1. The SMILES string of the molecule is COc1cccc2c1[nH]c1nc(S)nnc12. The number of H-pyrrole nitrogens is 1. The van der Waals surface area contributed by atoms with Crippen molar-refractivity contribution in [3.05, 3.63) is 18.2 Å². The molecule has 0 unspecified atom stereocenters. The van der Waals surface area contributed by atoms with Gasteiger partial charge in [0.05, 0.1) is 12.6 Å². The second kappa shape index (κ2) is 3.34. The van der Waals surface area contributed by atoms with E-state index in [1.54, 1.807) is 7.11 Å². The summed E-state index contributed by atoms with van der Waals surface area (Å²) in [5, 5.41) is 9.19. The number of ether oxygens (including phenoxy) is 1. The number of hydrogen-bond donors (Lipinski definition) is 2. The summed E-state index contributed by atoms with van der Waals surface area (Å²) in [4.78, 5) is 7.32. The first kappa shape index (κ1) is 9.41. The van der Waals surface area contributed by atoms with Gasteiger partial charge in [0.25, 0.3) is 0 Å². The molecule has 5 nitrogen and oxygen atoms in total. The first-order valence-corrected chi connectivity index (χ1v) is 5.12. The van der Waals surface area contributed by atoms with Gasteiger partial charge < -0.3 is 9.72 Å². The molecule has 0 atom stereocenters. The molecule has 16 heavy (non-hydrogen) atoms. The fourth-order valence-corrected chi connectivity index (χ4v) is 1.88. The Balaban J connectivity index is 2.49. The Morgan fingerprint density at radius 3 is 3.00 bits per heavy atom. The van der Waals surface area contributed by atoms with Crippen LogP contribution < -0.4 is 4.74 Å². The first-order chi connectivity index (χ1) is 7.79. The zero-order valence-electron chi connectivity index (χ0n) is 8.43. The normalized spacial score (nSPS) is 11.1. The highest BCUT2D eigenvalue weighted by molar-refractivity contribution is 7.80. The minimum atomic E-state index is 0.345. The Bertz CT molecular complexity index is 679. The van der Waals surface area contributed by atoms with Crippen molar-refractivity contribution in [1.82, 2.24) is 20.2 Å². The van der Waals surface area contributed by atoms with Gasteiger partial charge in [0.15, 0.2) is 5.65 Å². The van der Waals surface area contributed by atoms with Gasteiger partial charge in [-0.05, 0) is 6.07 Å². The predicted octanol–water partition coefficient (Wildman–Crippen LogP) is 1.80. The fraction of sp³-hybridized carbons (Fsp3) is 0.100. The Morgan fingerprint density at radius 2 is 2.19 bits per heavy atom. The van der Waals surface area contributed by atoms with E-state index in [0.717, 1.165) is 22.2 Å². The van der Waals surface area contributed by atoms with E-state index in [4.69, 9.17) is 4.74 Å². The summed E-state index contributed by atoms with van der Waals surface area (Å²) in [6.45, 7) is 0. The summed E-state index contributed by atoms with van der Waals surface area (Å²) in [6.07, 6.45) is 0. The zero-order valence-corrected chi connectivity index (χ0v) is 9.32. The average Bonchev–Trinajstić information content (AvgIpc) is 2.65.